The van der Waals surface area contributed by atoms with E-state index in [1.54, 1.807) is 0 Å². The topological polar surface area (TPSA) is 63.2 Å². The lowest BCUT2D eigenvalue weighted by atomic mass is 10.6. The van der Waals surface area contributed by atoms with Crippen molar-refractivity contribution in [3.63, 3.8) is 0 Å². The van der Waals surface area contributed by atoms with Gasteiger partial charge >= 0.3 is 27.6 Å². The number of hydrogen-bond donors (Lipinski definition) is 1. The van der Waals surface area contributed by atoms with Crippen molar-refractivity contribution >= 4 is 15.9 Å². The van der Waals surface area contributed by atoms with Gasteiger partial charge in [-0.3, -0.25) is 4.79 Å². The van der Waals surface area contributed by atoms with E-state index in [4.69, 9.17) is 0 Å². The van der Waals surface area contributed by atoms with E-state index >= 15 is 0 Å². The molecule has 5 nitrogen and oxygen atoms in total. The summed E-state index contributed by atoms with van der Waals surface area (Å²) in [6, 6.07) is 0. The van der Waals surface area contributed by atoms with E-state index in [2.05, 4.69) is 28.2 Å². The molecule has 116 valence electrons. The Balaban J connectivity index is 0. The fourth-order valence-electron chi connectivity index (χ4n) is 0.238. The van der Waals surface area contributed by atoms with E-state index in [0.717, 1.165) is 4.48 Å². The zero-order chi connectivity index (χ0) is 16.3. The van der Waals surface area contributed by atoms with Crippen molar-refractivity contribution in [2.24, 2.45) is 0 Å². The van der Waals surface area contributed by atoms with E-state index in [1.165, 1.54) is 0 Å². The Morgan fingerprint density at radius 2 is 1.21 bits per heavy atom. The van der Waals surface area contributed by atoms with Crippen LogP contribution in [0.4, 0.5) is 26.3 Å². The summed E-state index contributed by atoms with van der Waals surface area (Å²) in [5, 5.41) is 0. The minimum Gasteiger partial charge on any atom is -0.333 e. The number of hydrogen-bond acceptors (Lipinski definition) is 3. The van der Waals surface area contributed by atoms with Gasteiger partial charge in [-0.15, -0.1) is 0 Å². The molecule has 0 spiro atoms. The van der Waals surface area contributed by atoms with Crippen LogP contribution in [0, 0.1) is 0 Å². The van der Waals surface area contributed by atoms with Gasteiger partial charge in [0, 0.05) is 0 Å². The van der Waals surface area contributed by atoms with Crippen LogP contribution in [-0.4, -0.2) is 58.7 Å². The summed E-state index contributed by atoms with van der Waals surface area (Å²) in [6.07, 6.45) is -5.70. The van der Waals surface area contributed by atoms with Crippen molar-refractivity contribution in [2.45, 2.75) is 11.7 Å². The molecule has 0 aromatic heterocycles. The summed E-state index contributed by atoms with van der Waals surface area (Å²) in [5.74, 6) is -3.20. The highest BCUT2D eigenvalue weighted by molar-refractivity contribution is 7.90. The lowest BCUT2D eigenvalue weighted by Crippen LogP contribution is -2.46. The van der Waals surface area contributed by atoms with Gasteiger partial charge in [0.1, 0.15) is 0 Å². The Morgan fingerprint density at radius 1 is 0.947 bits per heavy atom. The van der Waals surface area contributed by atoms with Crippen molar-refractivity contribution in [1.82, 2.24) is 4.72 Å². The Kier molecular flexibility index (Phi) is 6.34. The van der Waals surface area contributed by atoms with Gasteiger partial charge in [0.15, 0.2) is 0 Å². The predicted molar refractivity (Wildman–Crippen MR) is 53.1 cm³/mol. The number of amides is 1. The molecule has 0 aliphatic rings. The number of carbonyl (C=O) groups excluding carboxylic acids is 1. The van der Waals surface area contributed by atoms with Gasteiger partial charge in [0.2, 0.25) is 0 Å². The number of halogens is 6. The Labute approximate surface area is 105 Å². The standard InChI is InChI=1S/C4H12N.C3HF6NO3S/c1-5(2,3)4;4-2(5,6)1(11)10-14(12,13)3(7,8)9/h1-4H3;(H,10,11)/q+1;. The number of carbonyl (C=O) groups is 1. The second-order valence-corrected chi connectivity index (χ2v) is 6.24. The lowest BCUT2D eigenvalue weighted by molar-refractivity contribution is -0.849. The lowest BCUT2D eigenvalue weighted by Gasteiger charge is -2.14. The number of alkyl halides is 6. The Hall–Kier alpha value is -1.04. The van der Waals surface area contributed by atoms with Crippen LogP contribution in [0.25, 0.3) is 0 Å². The molecule has 0 saturated heterocycles. The van der Waals surface area contributed by atoms with Gasteiger partial charge in [-0.05, 0) is 0 Å². The van der Waals surface area contributed by atoms with Gasteiger partial charge in [-0.1, -0.05) is 0 Å². The Bertz CT molecular complexity index is 400. The molecule has 0 bridgehead atoms. The third kappa shape index (κ3) is 10.6. The first-order chi connectivity index (χ1) is 7.88. The van der Waals surface area contributed by atoms with Crippen LogP contribution in [0.1, 0.15) is 0 Å². The first-order valence-corrected chi connectivity index (χ1v) is 5.85. The van der Waals surface area contributed by atoms with E-state index in [-0.39, 0.29) is 4.72 Å². The summed E-state index contributed by atoms with van der Waals surface area (Å²) < 4.78 is 88.9. The van der Waals surface area contributed by atoms with Crippen molar-refractivity contribution in [3.8, 4) is 0 Å². The second kappa shape index (κ2) is 5.94. The fourth-order valence-corrected chi connectivity index (χ4v) is 0.713. The summed E-state index contributed by atoms with van der Waals surface area (Å²) in [7, 11) is 2.20. The molecule has 0 aliphatic carbocycles. The van der Waals surface area contributed by atoms with E-state index in [9.17, 15) is 39.6 Å². The van der Waals surface area contributed by atoms with Gasteiger partial charge < -0.3 is 4.48 Å². The molecule has 1 amide bonds. The van der Waals surface area contributed by atoms with Crippen LogP contribution in [0.5, 0.6) is 0 Å². The Morgan fingerprint density at radius 3 is 1.37 bits per heavy atom. The van der Waals surface area contributed by atoms with Crippen LogP contribution in [-0.2, 0) is 14.8 Å². The minimum atomic E-state index is -6.30. The number of nitrogens with zero attached hydrogens (tertiary/aromatic N) is 1. The maximum atomic E-state index is 11.4. The summed E-state index contributed by atoms with van der Waals surface area (Å²) >= 11 is 0. The first kappa shape index (κ1) is 20.3. The average Bonchev–Trinajstić information content (AvgIpc) is 1.94. The average molecular weight is 319 g/mol. The van der Waals surface area contributed by atoms with Crippen molar-refractivity contribution in [1.29, 1.82) is 0 Å². The number of quaternary nitrogens is 1. The van der Waals surface area contributed by atoms with E-state index in [0.29, 0.717) is 0 Å². The number of sulfonamides is 1. The molecule has 1 N–H and O–H groups in total. The molecular formula is C7H13F6N2O3S+. The highest BCUT2D eigenvalue weighted by atomic mass is 32.2. The number of rotatable bonds is 1. The zero-order valence-corrected chi connectivity index (χ0v) is 11.2. The molecule has 0 fully saturated rings. The van der Waals surface area contributed by atoms with Crippen LogP contribution in [0.15, 0.2) is 0 Å². The van der Waals surface area contributed by atoms with Gasteiger partial charge in [-0.25, -0.2) is 4.72 Å². The van der Waals surface area contributed by atoms with Gasteiger partial charge in [0.05, 0.1) is 28.2 Å². The minimum absolute atomic E-state index is 0.181. The molecule has 0 aromatic rings. The number of nitrogens with one attached hydrogen (secondary N) is 1. The third-order valence-electron chi connectivity index (χ3n) is 0.789. The first-order valence-electron chi connectivity index (χ1n) is 4.37. The van der Waals surface area contributed by atoms with Crippen molar-refractivity contribution in [3.05, 3.63) is 0 Å². The molecule has 19 heavy (non-hydrogen) atoms. The molecule has 0 radical (unpaired) electrons. The molecule has 0 rings (SSSR count). The largest absolute Gasteiger partial charge is 0.516 e. The maximum Gasteiger partial charge on any atom is 0.516 e. The highest BCUT2D eigenvalue weighted by Crippen LogP contribution is 2.23. The van der Waals surface area contributed by atoms with Crippen molar-refractivity contribution < 1.29 is 44.0 Å². The molecule has 0 heterocycles. The molecule has 0 unspecified atom stereocenters. The quantitative estimate of drug-likeness (QED) is 0.575. The summed E-state index contributed by atoms with van der Waals surface area (Å²) in [6.45, 7) is 0. The van der Waals surface area contributed by atoms with Gasteiger partial charge in [-0.2, -0.15) is 34.8 Å². The second-order valence-electron chi connectivity index (χ2n) is 4.56. The zero-order valence-electron chi connectivity index (χ0n) is 10.3. The smallest absolute Gasteiger partial charge is 0.333 e. The predicted octanol–water partition coefficient (Wildman–Crippen LogP) is 0.837. The fraction of sp³-hybridized carbons (Fsp3) is 0.857. The van der Waals surface area contributed by atoms with E-state index in [1.807, 2.05) is 0 Å². The summed E-state index contributed by atoms with van der Waals surface area (Å²) in [5.41, 5.74) is -5.96. The van der Waals surface area contributed by atoms with Crippen LogP contribution in [0.2, 0.25) is 0 Å². The van der Waals surface area contributed by atoms with Gasteiger partial charge in [0.25, 0.3) is 0 Å². The summed E-state index contributed by atoms with van der Waals surface area (Å²) in [4.78, 5) is 9.81. The SMILES string of the molecule is C[N+](C)(C)C.O=C(NS(=O)(=O)C(F)(F)F)C(F)(F)F. The maximum absolute atomic E-state index is 11.4. The monoisotopic (exact) mass is 319 g/mol. The van der Waals surface area contributed by atoms with E-state index < -0.39 is 27.6 Å². The van der Waals surface area contributed by atoms with Crippen LogP contribution >= 0.6 is 0 Å². The highest BCUT2D eigenvalue weighted by Gasteiger charge is 2.51. The molecule has 0 atom stereocenters. The van der Waals surface area contributed by atoms with Crippen LogP contribution in [0.3, 0.4) is 0 Å². The normalized spacial score (nSPS) is 13.4. The van der Waals surface area contributed by atoms with Crippen LogP contribution < -0.4 is 4.72 Å². The molecule has 0 saturated carbocycles. The third-order valence-corrected chi connectivity index (χ3v) is 1.85. The molecule has 0 aromatic carbocycles. The molecule has 0 aliphatic heterocycles. The molecule has 12 heteroatoms. The molecular weight excluding hydrogens is 306 g/mol. The van der Waals surface area contributed by atoms with Crippen molar-refractivity contribution in [2.75, 3.05) is 28.2 Å².